The molecule has 0 spiro atoms. The molecule has 1 aliphatic heterocycles. The molecule has 3 rings (SSSR count). The molecule has 1 N–H and O–H groups in total. The van der Waals surface area contributed by atoms with Crippen LogP contribution in [0.5, 0.6) is 0 Å². The normalized spacial score (nSPS) is 18.4. The number of aromatic nitrogens is 3. The van der Waals surface area contributed by atoms with Gasteiger partial charge in [0.25, 0.3) is 0 Å². The predicted molar refractivity (Wildman–Crippen MR) is 95.7 cm³/mol. The van der Waals surface area contributed by atoms with Gasteiger partial charge in [-0.1, -0.05) is 12.1 Å². The Kier molecular flexibility index (Phi) is 5.10. The highest BCUT2D eigenvalue weighted by atomic mass is 32.2. The Labute approximate surface area is 147 Å². The number of hydrogen-bond donors (Lipinski definition) is 1. The molecule has 0 unspecified atom stereocenters. The van der Waals surface area contributed by atoms with Gasteiger partial charge in [0.05, 0.1) is 11.4 Å². The summed E-state index contributed by atoms with van der Waals surface area (Å²) in [5.41, 5.74) is 0.735. The van der Waals surface area contributed by atoms with Crippen molar-refractivity contribution in [1.29, 1.82) is 0 Å². The minimum atomic E-state index is -3.22. The van der Waals surface area contributed by atoms with E-state index in [1.54, 1.807) is 28.8 Å². The fourth-order valence-corrected chi connectivity index (χ4v) is 3.88. The number of piperidine rings is 1. The predicted octanol–water partition coefficient (Wildman–Crippen LogP) is 0.983. The van der Waals surface area contributed by atoms with Crippen molar-refractivity contribution in [2.45, 2.75) is 43.7 Å². The smallest absolute Gasteiger partial charge is 0.316 e. The molecular weight excluding hydrogens is 340 g/mol. The second-order valence-electron chi connectivity index (χ2n) is 6.50. The number of benzene rings is 1. The molecule has 1 fully saturated rings. The molecule has 25 heavy (non-hydrogen) atoms. The number of nitrogens with zero attached hydrogens (tertiary/aromatic N) is 3. The molecule has 8 heteroatoms. The second-order valence-corrected chi connectivity index (χ2v) is 8.52. The molecule has 1 atom stereocenters. The van der Waals surface area contributed by atoms with Crippen LogP contribution in [0.1, 0.15) is 37.1 Å². The Hall–Kier alpha value is -1.93. The van der Waals surface area contributed by atoms with Crippen LogP contribution in [0.15, 0.2) is 34.0 Å². The van der Waals surface area contributed by atoms with Crippen LogP contribution in [0.4, 0.5) is 0 Å². The summed E-state index contributed by atoms with van der Waals surface area (Å²) in [5, 5.41) is 7.94. The van der Waals surface area contributed by atoms with Gasteiger partial charge in [-0.3, -0.25) is 4.57 Å². The highest BCUT2D eigenvalue weighted by molar-refractivity contribution is 7.90. The molecule has 0 amide bonds. The molecule has 1 saturated heterocycles. The molecule has 1 aromatic carbocycles. The monoisotopic (exact) mass is 364 g/mol. The third kappa shape index (κ3) is 3.85. The Morgan fingerprint density at radius 2 is 2.00 bits per heavy atom. The summed E-state index contributed by atoms with van der Waals surface area (Å²) in [7, 11) is -3.22. The molecule has 7 nitrogen and oxygen atoms in total. The maximum atomic E-state index is 12.6. The topological polar surface area (TPSA) is 86.0 Å². The van der Waals surface area contributed by atoms with Gasteiger partial charge < -0.3 is 5.32 Å². The van der Waals surface area contributed by atoms with Gasteiger partial charge in [-0.15, -0.1) is 0 Å². The average Bonchev–Trinajstić information content (AvgIpc) is 2.91. The lowest BCUT2D eigenvalue weighted by atomic mass is 9.99. The summed E-state index contributed by atoms with van der Waals surface area (Å²) in [6.45, 7) is 4.74. The minimum Gasteiger partial charge on any atom is -0.316 e. The summed E-state index contributed by atoms with van der Waals surface area (Å²) < 4.78 is 26.3. The fraction of sp³-hybridized carbons (Fsp3) is 0.529. The molecule has 2 heterocycles. The summed E-state index contributed by atoms with van der Waals surface area (Å²) >= 11 is 0. The lowest BCUT2D eigenvalue weighted by Gasteiger charge is -2.21. The first kappa shape index (κ1) is 17.9. The molecule has 2 aromatic rings. The van der Waals surface area contributed by atoms with Crippen LogP contribution in [0.25, 0.3) is 0 Å². The van der Waals surface area contributed by atoms with E-state index >= 15 is 0 Å². The van der Waals surface area contributed by atoms with E-state index in [2.05, 4.69) is 10.4 Å². The van der Waals surface area contributed by atoms with E-state index in [9.17, 15) is 13.2 Å². The first-order valence-corrected chi connectivity index (χ1v) is 10.5. The van der Waals surface area contributed by atoms with Crippen LogP contribution in [-0.2, 0) is 22.9 Å². The zero-order chi connectivity index (χ0) is 18.0. The van der Waals surface area contributed by atoms with Crippen molar-refractivity contribution in [1.82, 2.24) is 19.7 Å². The average molecular weight is 364 g/mol. The molecule has 136 valence electrons. The Morgan fingerprint density at radius 1 is 1.28 bits per heavy atom. The summed E-state index contributed by atoms with van der Waals surface area (Å²) in [5.74, 6) is 1.10. The quantitative estimate of drug-likeness (QED) is 0.855. The van der Waals surface area contributed by atoms with E-state index in [0.717, 1.165) is 37.3 Å². The SMILES string of the molecule is CCn1c([C@@H]2CCCNC2)nn(Cc2ccc(S(C)(=O)=O)cc2)c1=O. The standard InChI is InChI=1S/C17H24N4O3S/c1-3-20-16(14-5-4-10-18-11-14)19-21(17(20)22)12-13-6-8-15(9-7-13)25(2,23)24/h6-9,14,18H,3-5,10-12H2,1-2H3/t14-/m1/s1. The van der Waals surface area contributed by atoms with Gasteiger partial charge in [-0.25, -0.2) is 17.9 Å². The van der Waals surface area contributed by atoms with E-state index in [1.165, 1.54) is 10.9 Å². The maximum Gasteiger partial charge on any atom is 0.346 e. The summed E-state index contributed by atoms with van der Waals surface area (Å²) in [6.07, 6.45) is 3.30. The Morgan fingerprint density at radius 3 is 2.56 bits per heavy atom. The molecule has 0 radical (unpaired) electrons. The van der Waals surface area contributed by atoms with E-state index in [4.69, 9.17) is 0 Å². The van der Waals surface area contributed by atoms with Gasteiger partial charge in [-0.05, 0) is 44.0 Å². The van der Waals surface area contributed by atoms with Gasteiger partial charge in [0.2, 0.25) is 0 Å². The van der Waals surface area contributed by atoms with Gasteiger partial charge in [-0.2, -0.15) is 5.10 Å². The van der Waals surface area contributed by atoms with Crippen molar-refractivity contribution in [3.05, 3.63) is 46.1 Å². The third-order valence-corrected chi connectivity index (χ3v) is 5.74. The summed E-state index contributed by atoms with van der Waals surface area (Å²) in [6, 6.07) is 6.60. The number of hydrogen-bond acceptors (Lipinski definition) is 5. The Balaban J connectivity index is 1.87. The van der Waals surface area contributed by atoms with Gasteiger partial charge in [0, 0.05) is 25.3 Å². The van der Waals surface area contributed by atoms with Crippen molar-refractivity contribution in [2.24, 2.45) is 0 Å². The molecule has 0 bridgehead atoms. The van der Waals surface area contributed by atoms with Gasteiger partial charge in [0.1, 0.15) is 5.82 Å². The minimum absolute atomic E-state index is 0.115. The van der Waals surface area contributed by atoms with Crippen LogP contribution >= 0.6 is 0 Å². The van der Waals surface area contributed by atoms with Gasteiger partial charge in [0.15, 0.2) is 9.84 Å². The lowest BCUT2D eigenvalue weighted by molar-refractivity contribution is 0.431. The highest BCUT2D eigenvalue weighted by Gasteiger charge is 2.23. The van der Waals surface area contributed by atoms with Crippen molar-refractivity contribution < 1.29 is 8.42 Å². The number of rotatable bonds is 5. The highest BCUT2D eigenvalue weighted by Crippen LogP contribution is 2.21. The van der Waals surface area contributed by atoms with Crippen molar-refractivity contribution in [3.63, 3.8) is 0 Å². The van der Waals surface area contributed by atoms with Crippen LogP contribution in [0, 0.1) is 0 Å². The maximum absolute atomic E-state index is 12.6. The van der Waals surface area contributed by atoms with Gasteiger partial charge >= 0.3 is 5.69 Å². The van der Waals surface area contributed by atoms with Crippen LogP contribution < -0.4 is 11.0 Å². The van der Waals surface area contributed by atoms with Crippen molar-refractivity contribution >= 4 is 9.84 Å². The van der Waals surface area contributed by atoms with E-state index < -0.39 is 9.84 Å². The van der Waals surface area contributed by atoms with E-state index in [0.29, 0.717) is 13.1 Å². The molecule has 0 saturated carbocycles. The Bertz CT molecular complexity index is 891. The number of nitrogens with one attached hydrogen (secondary N) is 1. The molecule has 1 aliphatic rings. The molecule has 1 aromatic heterocycles. The van der Waals surface area contributed by atoms with Crippen LogP contribution in [0.3, 0.4) is 0 Å². The molecule has 0 aliphatic carbocycles. The lowest BCUT2D eigenvalue weighted by Crippen LogP contribution is -2.31. The first-order valence-electron chi connectivity index (χ1n) is 8.57. The zero-order valence-electron chi connectivity index (χ0n) is 14.6. The van der Waals surface area contributed by atoms with E-state index in [1.807, 2.05) is 6.92 Å². The van der Waals surface area contributed by atoms with E-state index in [-0.39, 0.29) is 16.5 Å². The second kappa shape index (κ2) is 7.13. The molecular formula is C17H24N4O3S. The largest absolute Gasteiger partial charge is 0.346 e. The van der Waals surface area contributed by atoms with Crippen molar-refractivity contribution in [3.8, 4) is 0 Å². The van der Waals surface area contributed by atoms with Crippen molar-refractivity contribution in [2.75, 3.05) is 19.3 Å². The van der Waals surface area contributed by atoms with Crippen LogP contribution in [0.2, 0.25) is 0 Å². The van der Waals surface area contributed by atoms with Crippen LogP contribution in [-0.4, -0.2) is 42.1 Å². The first-order chi connectivity index (χ1) is 11.9. The summed E-state index contributed by atoms with van der Waals surface area (Å²) in [4.78, 5) is 12.9. The fourth-order valence-electron chi connectivity index (χ4n) is 3.25. The third-order valence-electron chi connectivity index (χ3n) is 4.61. The number of sulfone groups is 1. The zero-order valence-corrected chi connectivity index (χ0v) is 15.4.